The predicted molar refractivity (Wildman–Crippen MR) is 84.1 cm³/mol. The van der Waals surface area contributed by atoms with Gasteiger partial charge in [-0.15, -0.1) is 0 Å². The Morgan fingerprint density at radius 3 is 1.70 bits per heavy atom. The molecule has 5 heteroatoms. The number of aliphatic carboxylic acids is 1. The van der Waals surface area contributed by atoms with Crippen molar-refractivity contribution in [1.82, 2.24) is 0 Å². The van der Waals surface area contributed by atoms with Crippen LogP contribution in [0.15, 0.2) is 0 Å². The molecule has 0 aromatic heterocycles. The Balaban J connectivity index is 0. The Bertz CT molecular complexity index is 235. The zero-order chi connectivity index (χ0) is 15.6. The Morgan fingerprint density at radius 1 is 0.950 bits per heavy atom. The average Bonchev–Trinajstić information content (AvgIpc) is 2.45. The fourth-order valence-corrected chi connectivity index (χ4v) is 2.16. The molecule has 0 aliphatic heterocycles. The van der Waals surface area contributed by atoms with E-state index < -0.39 is 5.97 Å². The minimum atomic E-state index is -0.968. The average molecular weight is 295 g/mol. The Kier molecular flexibility index (Phi) is 21.4. The quantitative estimate of drug-likeness (QED) is 0.428. The minimum absolute atomic E-state index is 0.278. The molecule has 0 rings (SSSR count). The molecule has 0 spiro atoms. The maximum absolute atomic E-state index is 11.1. The van der Waals surface area contributed by atoms with E-state index in [2.05, 4.69) is 12.7 Å². The third-order valence-corrected chi connectivity index (χ3v) is 3.92. The second kappa shape index (κ2) is 19.1. The normalized spacial score (nSPS) is 9.80. The first-order valence-corrected chi connectivity index (χ1v) is 9.43. The van der Waals surface area contributed by atoms with E-state index in [0.29, 0.717) is 5.78 Å². The molecule has 0 unspecified atom stereocenters. The molecule has 0 aliphatic carbocycles. The topological polar surface area (TPSA) is 80.4 Å². The summed E-state index contributed by atoms with van der Waals surface area (Å²) in [5, 5.41) is 7.60. The van der Waals surface area contributed by atoms with Crippen molar-refractivity contribution in [2.45, 2.75) is 74.8 Å². The first-order chi connectivity index (χ1) is 9.58. The summed E-state index contributed by atoms with van der Waals surface area (Å²) in [7, 11) is 0. The third-order valence-electron chi connectivity index (χ3n) is 3.13. The van der Waals surface area contributed by atoms with Crippen LogP contribution in [0.3, 0.4) is 0 Å². The van der Waals surface area contributed by atoms with E-state index in [-0.39, 0.29) is 6.54 Å². The van der Waals surface area contributed by atoms with Crippen LogP contribution in [0.4, 0.5) is 0 Å². The van der Waals surface area contributed by atoms with Crippen molar-refractivity contribution in [3.8, 4) is 0 Å². The summed E-state index contributed by atoms with van der Waals surface area (Å²) in [6.45, 7) is 1.98. The maximum Gasteiger partial charge on any atom is 0.317 e. The number of carboxylic acid groups (broad SMARTS) is 1. The summed E-state index contributed by atoms with van der Waals surface area (Å²) in [5.74, 6) is -0.477. The van der Waals surface area contributed by atoms with Gasteiger partial charge >= 0.3 is 112 Å². The van der Waals surface area contributed by atoms with Gasteiger partial charge in [-0.3, -0.25) is 4.79 Å². The van der Waals surface area contributed by atoms with Crippen LogP contribution in [-0.2, 0) is 9.59 Å². The van der Waals surface area contributed by atoms with E-state index in [0.717, 1.165) is 44.4 Å². The SMILES string of the molecule is CCCCCCCCCCCC(=O)[CH2][Na].NCC(=O)O. The van der Waals surface area contributed by atoms with E-state index in [1.807, 2.05) is 0 Å². The van der Waals surface area contributed by atoms with Crippen LogP contribution in [0.2, 0.25) is 3.67 Å². The molecular weight excluding hydrogens is 265 g/mol. The number of Topliss-reactive ketones (excluding diaryl/α,β-unsaturated/α-hetero) is 1. The van der Waals surface area contributed by atoms with Gasteiger partial charge in [-0.25, -0.2) is 0 Å². The van der Waals surface area contributed by atoms with Gasteiger partial charge in [0.25, 0.3) is 0 Å². The fraction of sp³-hybridized carbons (Fsp3) is 0.867. The number of unbranched alkanes of at least 4 members (excludes halogenated alkanes) is 8. The second-order valence-electron chi connectivity index (χ2n) is 5.07. The van der Waals surface area contributed by atoms with Crippen molar-refractivity contribution in [2.24, 2.45) is 5.73 Å². The van der Waals surface area contributed by atoms with Gasteiger partial charge in [0.2, 0.25) is 0 Å². The molecular formula is C15H30NNaO3. The van der Waals surface area contributed by atoms with Crippen LogP contribution in [-0.4, -0.2) is 51.3 Å². The van der Waals surface area contributed by atoms with Crippen LogP contribution in [0, 0.1) is 0 Å². The van der Waals surface area contributed by atoms with Crippen molar-refractivity contribution in [3.63, 3.8) is 0 Å². The zero-order valence-corrected chi connectivity index (χ0v) is 15.3. The van der Waals surface area contributed by atoms with Gasteiger partial charge in [-0.2, -0.15) is 0 Å². The number of ketones is 1. The number of carbonyl (C=O) groups is 2. The maximum atomic E-state index is 11.1. The second-order valence-corrected chi connectivity index (χ2v) is 5.78. The molecule has 114 valence electrons. The molecule has 0 radical (unpaired) electrons. The molecule has 0 amide bonds. The van der Waals surface area contributed by atoms with Crippen LogP contribution in [0.1, 0.15) is 71.1 Å². The first kappa shape index (κ1) is 22.4. The molecule has 4 nitrogen and oxygen atoms in total. The summed E-state index contributed by atoms with van der Waals surface area (Å²) in [4.78, 5) is 20.3. The van der Waals surface area contributed by atoms with Crippen LogP contribution in [0.5, 0.6) is 0 Å². The molecule has 0 fully saturated rings. The molecule has 0 aromatic rings. The van der Waals surface area contributed by atoms with E-state index in [1.165, 1.54) is 51.4 Å². The van der Waals surface area contributed by atoms with Crippen molar-refractivity contribution in [1.29, 1.82) is 0 Å². The van der Waals surface area contributed by atoms with Crippen molar-refractivity contribution in [2.75, 3.05) is 6.54 Å². The first-order valence-electron chi connectivity index (χ1n) is 8.01. The van der Waals surface area contributed by atoms with Gasteiger partial charge in [0, 0.05) is 0 Å². The zero-order valence-electron chi connectivity index (χ0n) is 13.3. The van der Waals surface area contributed by atoms with Gasteiger partial charge in [-0.05, 0) is 0 Å². The standard InChI is InChI=1S/C13H25O.C2H5NO2.Na/c1-3-4-5-6-7-8-9-10-11-12-13(2)14;3-1-2(4)5;/h2-12H2,1H3;1,3H2,(H,4,5);. The fourth-order valence-electron chi connectivity index (χ4n) is 1.81. The molecule has 0 aromatic carbocycles. The predicted octanol–water partition coefficient (Wildman–Crippen LogP) is 3.09. The summed E-state index contributed by atoms with van der Waals surface area (Å²) in [5.41, 5.74) is 4.57. The molecule has 0 heterocycles. The van der Waals surface area contributed by atoms with Gasteiger partial charge in [0.1, 0.15) is 0 Å². The molecule has 0 saturated heterocycles. The molecule has 0 aliphatic rings. The monoisotopic (exact) mass is 295 g/mol. The van der Waals surface area contributed by atoms with Crippen LogP contribution >= 0.6 is 0 Å². The van der Waals surface area contributed by atoms with Crippen LogP contribution < -0.4 is 5.73 Å². The summed E-state index contributed by atoms with van der Waals surface area (Å²) in [6.07, 6.45) is 12.9. The molecule has 0 atom stereocenters. The largest absolute Gasteiger partial charge is 0.480 e. The van der Waals surface area contributed by atoms with Crippen molar-refractivity contribution < 1.29 is 14.7 Å². The summed E-state index contributed by atoms with van der Waals surface area (Å²) < 4.78 is 0.858. The number of hydrogen-bond acceptors (Lipinski definition) is 3. The summed E-state index contributed by atoms with van der Waals surface area (Å²) in [6, 6.07) is 0. The van der Waals surface area contributed by atoms with E-state index in [9.17, 15) is 9.59 Å². The molecule has 3 N–H and O–H groups in total. The van der Waals surface area contributed by atoms with Gasteiger partial charge in [-0.1, -0.05) is 6.92 Å². The van der Waals surface area contributed by atoms with E-state index in [4.69, 9.17) is 5.11 Å². The Labute approximate surface area is 141 Å². The number of hydrogen-bond donors (Lipinski definition) is 2. The smallest absolute Gasteiger partial charge is 0.317 e. The number of carboxylic acids is 1. The minimum Gasteiger partial charge on any atom is -0.480 e. The number of carbonyl (C=O) groups excluding carboxylic acids is 1. The number of nitrogens with two attached hydrogens (primary N) is 1. The summed E-state index contributed by atoms with van der Waals surface area (Å²) >= 11 is 1.04. The van der Waals surface area contributed by atoms with Gasteiger partial charge in [0.15, 0.2) is 0 Å². The molecule has 0 bridgehead atoms. The van der Waals surface area contributed by atoms with Crippen molar-refractivity contribution >= 4 is 39.7 Å². The Morgan fingerprint density at radius 2 is 1.35 bits per heavy atom. The van der Waals surface area contributed by atoms with Crippen molar-refractivity contribution in [3.05, 3.63) is 0 Å². The molecule has 0 saturated carbocycles. The molecule has 20 heavy (non-hydrogen) atoms. The number of rotatable bonds is 12. The van der Waals surface area contributed by atoms with Crippen LogP contribution in [0.25, 0.3) is 0 Å². The van der Waals surface area contributed by atoms with Gasteiger partial charge < -0.3 is 10.8 Å². The Hall–Kier alpha value is 0.1000. The van der Waals surface area contributed by atoms with Gasteiger partial charge in [0.05, 0.1) is 6.54 Å². The third kappa shape index (κ3) is 23.2. The van der Waals surface area contributed by atoms with E-state index in [1.54, 1.807) is 0 Å². The van der Waals surface area contributed by atoms with E-state index >= 15 is 0 Å².